The molecule has 2 heterocycles. The predicted molar refractivity (Wildman–Crippen MR) is 84.0 cm³/mol. The van der Waals surface area contributed by atoms with Gasteiger partial charge in [0.1, 0.15) is 0 Å². The van der Waals surface area contributed by atoms with Crippen LogP contribution in [0.25, 0.3) is 0 Å². The Morgan fingerprint density at radius 3 is 2.43 bits per heavy atom. The van der Waals surface area contributed by atoms with E-state index in [0.717, 1.165) is 30.4 Å². The van der Waals surface area contributed by atoms with E-state index in [1.54, 1.807) is 12.4 Å². The highest BCUT2D eigenvalue weighted by Gasteiger charge is 2.30. The number of hydrogen-bond acceptors (Lipinski definition) is 4. The van der Waals surface area contributed by atoms with E-state index in [1.807, 2.05) is 25.7 Å². The first kappa shape index (κ1) is 16.2. The van der Waals surface area contributed by atoms with Crippen LogP contribution >= 0.6 is 15.9 Å². The van der Waals surface area contributed by atoms with Crippen molar-refractivity contribution in [3.8, 4) is 6.01 Å². The number of hydrogen-bond donors (Lipinski definition) is 0. The highest BCUT2D eigenvalue weighted by Crippen LogP contribution is 2.23. The Kier molecular flexibility index (Phi) is 5.19. The Bertz CT molecular complexity index is 477. The molecule has 0 radical (unpaired) electrons. The number of rotatable bonds is 3. The maximum Gasteiger partial charge on any atom is 0.316 e. The average molecular weight is 356 g/mol. The summed E-state index contributed by atoms with van der Waals surface area (Å²) in [5.74, 6) is 0.694. The number of carbonyl (C=O) groups excluding carboxylic acids is 1. The lowest BCUT2D eigenvalue weighted by atomic mass is 9.91. The summed E-state index contributed by atoms with van der Waals surface area (Å²) in [5, 5.41) is 0. The molecule has 0 atom stereocenters. The smallest absolute Gasteiger partial charge is 0.316 e. The van der Waals surface area contributed by atoms with Crippen LogP contribution in [-0.2, 0) is 4.79 Å². The van der Waals surface area contributed by atoms with Gasteiger partial charge in [-0.15, -0.1) is 0 Å². The zero-order valence-corrected chi connectivity index (χ0v) is 14.4. The Labute approximate surface area is 134 Å². The number of halogens is 1. The van der Waals surface area contributed by atoms with Crippen LogP contribution in [0.3, 0.4) is 0 Å². The molecule has 1 amide bonds. The van der Waals surface area contributed by atoms with Gasteiger partial charge in [-0.1, -0.05) is 20.8 Å². The highest BCUT2D eigenvalue weighted by atomic mass is 79.9. The van der Waals surface area contributed by atoms with Gasteiger partial charge in [0.25, 0.3) is 0 Å². The molecule has 0 unspecified atom stereocenters. The number of aromatic nitrogens is 2. The van der Waals surface area contributed by atoms with Crippen LogP contribution in [0.15, 0.2) is 16.9 Å². The van der Waals surface area contributed by atoms with Crippen molar-refractivity contribution in [1.29, 1.82) is 0 Å². The fraction of sp³-hybridized carbons (Fsp3) is 0.667. The Morgan fingerprint density at radius 2 is 1.90 bits per heavy atom. The van der Waals surface area contributed by atoms with E-state index in [0.29, 0.717) is 18.5 Å². The largest absolute Gasteiger partial charge is 0.463 e. The van der Waals surface area contributed by atoms with Gasteiger partial charge in [-0.05, 0) is 34.7 Å². The van der Waals surface area contributed by atoms with Crippen molar-refractivity contribution in [2.75, 3.05) is 19.7 Å². The van der Waals surface area contributed by atoms with E-state index >= 15 is 0 Å². The molecule has 0 saturated carbocycles. The van der Waals surface area contributed by atoms with Crippen LogP contribution in [0.1, 0.15) is 33.6 Å². The maximum absolute atomic E-state index is 12.2. The molecular weight excluding hydrogens is 334 g/mol. The molecule has 0 N–H and O–H groups in total. The van der Waals surface area contributed by atoms with Crippen LogP contribution in [0.4, 0.5) is 0 Å². The Morgan fingerprint density at radius 1 is 1.33 bits per heavy atom. The lowest BCUT2D eigenvalue weighted by Crippen LogP contribution is -2.44. The van der Waals surface area contributed by atoms with Gasteiger partial charge < -0.3 is 9.64 Å². The summed E-state index contributed by atoms with van der Waals surface area (Å²) in [6, 6.07) is 0.409. The van der Waals surface area contributed by atoms with E-state index in [9.17, 15) is 4.79 Å². The van der Waals surface area contributed by atoms with Crippen molar-refractivity contribution < 1.29 is 9.53 Å². The molecule has 0 aromatic carbocycles. The quantitative estimate of drug-likeness (QED) is 0.836. The first-order chi connectivity index (χ1) is 9.86. The summed E-state index contributed by atoms with van der Waals surface area (Å²) in [5.41, 5.74) is -0.297. The van der Waals surface area contributed by atoms with E-state index in [1.165, 1.54) is 0 Å². The Hall–Kier alpha value is -1.17. The molecular formula is C15H22BrN3O2. The molecule has 1 fully saturated rings. The first-order valence-corrected chi connectivity index (χ1v) is 8.05. The fourth-order valence-corrected chi connectivity index (χ4v) is 2.55. The average Bonchev–Trinajstić information content (AvgIpc) is 2.45. The van der Waals surface area contributed by atoms with Crippen molar-refractivity contribution >= 4 is 21.8 Å². The zero-order chi connectivity index (χ0) is 15.5. The number of amides is 1. The summed E-state index contributed by atoms with van der Waals surface area (Å²) >= 11 is 3.29. The molecule has 1 aromatic heterocycles. The third kappa shape index (κ3) is 4.66. The molecule has 5 nitrogen and oxygen atoms in total. The molecule has 0 aliphatic carbocycles. The third-order valence-electron chi connectivity index (χ3n) is 3.59. The van der Waals surface area contributed by atoms with Crippen LogP contribution in [-0.4, -0.2) is 40.5 Å². The van der Waals surface area contributed by atoms with Crippen molar-refractivity contribution in [2.24, 2.45) is 11.3 Å². The number of likely N-dealkylation sites (tertiary alicyclic amines) is 1. The normalized spacial score (nSPS) is 16.9. The minimum absolute atomic E-state index is 0.234. The lowest BCUT2D eigenvalue weighted by Gasteiger charge is -2.35. The van der Waals surface area contributed by atoms with Crippen LogP contribution in [0, 0.1) is 11.3 Å². The molecule has 1 saturated heterocycles. The number of ether oxygens (including phenoxy) is 1. The molecule has 21 heavy (non-hydrogen) atoms. The number of nitrogens with zero attached hydrogens (tertiary/aromatic N) is 3. The maximum atomic E-state index is 12.2. The first-order valence-electron chi connectivity index (χ1n) is 7.26. The van der Waals surface area contributed by atoms with E-state index < -0.39 is 0 Å². The fourth-order valence-electron chi connectivity index (χ4n) is 2.34. The molecule has 2 rings (SSSR count). The summed E-state index contributed by atoms with van der Waals surface area (Å²) < 4.78 is 6.45. The topological polar surface area (TPSA) is 55.3 Å². The van der Waals surface area contributed by atoms with E-state index in [-0.39, 0.29) is 11.3 Å². The minimum Gasteiger partial charge on any atom is -0.463 e. The van der Waals surface area contributed by atoms with Crippen LogP contribution in [0.5, 0.6) is 6.01 Å². The van der Waals surface area contributed by atoms with Crippen molar-refractivity contribution in [3.63, 3.8) is 0 Å². The van der Waals surface area contributed by atoms with Gasteiger partial charge in [-0.25, -0.2) is 9.97 Å². The summed E-state index contributed by atoms with van der Waals surface area (Å²) in [6.07, 6.45) is 5.29. The van der Waals surface area contributed by atoms with E-state index in [4.69, 9.17) is 4.74 Å². The van der Waals surface area contributed by atoms with Gasteiger partial charge in [-0.3, -0.25) is 4.79 Å². The van der Waals surface area contributed by atoms with Crippen molar-refractivity contribution in [2.45, 2.75) is 33.6 Å². The minimum atomic E-state index is -0.297. The molecule has 0 bridgehead atoms. The Balaban J connectivity index is 1.77. The molecule has 1 aliphatic heterocycles. The molecule has 0 spiro atoms. The van der Waals surface area contributed by atoms with Gasteiger partial charge in [0.2, 0.25) is 5.91 Å². The number of piperidine rings is 1. The number of carbonyl (C=O) groups is 1. The van der Waals surface area contributed by atoms with Crippen molar-refractivity contribution in [3.05, 3.63) is 16.9 Å². The van der Waals surface area contributed by atoms with Crippen LogP contribution in [0.2, 0.25) is 0 Å². The predicted octanol–water partition coefficient (Wildman–Crippen LogP) is 2.90. The monoisotopic (exact) mass is 355 g/mol. The summed E-state index contributed by atoms with van der Waals surface area (Å²) in [4.78, 5) is 22.4. The standard InChI is InChI=1S/C15H22BrN3O2/c1-15(2,3)13(20)19-6-4-11(5-7-19)10-21-14-17-8-12(16)9-18-14/h8-9,11H,4-7,10H2,1-3H3. The van der Waals surface area contributed by atoms with Crippen molar-refractivity contribution in [1.82, 2.24) is 14.9 Å². The van der Waals surface area contributed by atoms with E-state index in [2.05, 4.69) is 25.9 Å². The lowest BCUT2D eigenvalue weighted by molar-refractivity contribution is -0.141. The second-order valence-electron chi connectivity index (χ2n) is 6.48. The van der Waals surface area contributed by atoms with Gasteiger partial charge in [0, 0.05) is 30.9 Å². The zero-order valence-electron chi connectivity index (χ0n) is 12.8. The molecule has 6 heteroatoms. The van der Waals surface area contributed by atoms with Crippen LogP contribution < -0.4 is 4.74 Å². The SMILES string of the molecule is CC(C)(C)C(=O)N1CCC(COc2ncc(Br)cn2)CC1. The van der Waals surface area contributed by atoms with Gasteiger partial charge in [0.05, 0.1) is 11.1 Å². The summed E-state index contributed by atoms with van der Waals surface area (Å²) in [7, 11) is 0. The molecule has 116 valence electrons. The molecule has 1 aromatic rings. The second-order valence-corrected chi connectivity index (χ2v) is 7.40. The molecule has 1 aliphatic rings. The summed E-state index contributed by atoms with van der Waals surface area (Å²) in [6.45, 7) is 8.13. The third-order valence-corrected chi connectivity index (χ3v) is 4.00. The highest BCUT2D eigenvalue weighted by molar-refractivity contribution is 9.10. The van der Waals surface area contributed by atoms with Gasteiger partial charge in [-0.2, -0.15) is 0 Å². The van der Waals surface area contributed by atoms with Gasteiger partial charge in [0.15, 0.2) is 0 Å². The van der Waals surface area contributed by atoms with Gasteiger partial charge >= 0.3 is 6.01 Å². The second kappa shape index (κ2) is 6.73.